The molecular formula is C20H21N7O. The van der Waals surface area contributed by atoms with Crippen molar-refractivity contribution < 1.29 is 4.79 Å². The minimum Gasteiger partial charge on any atom is -0.322 e. The number of H-pyrrole nitrogens is 1. The van der Waals surface area contributed by atoms with Crippen molar-refractivity contribution in [1.29, 1.82) is 0 Å². The van der Waals surface area contributed by atoms with E-state index in [4.69, 9.17) is 5.10 Å². The minimum atomic E-state index is -0.0674. The molecule has 1 aromatic carbocycles. The van der Waals surface area contributed by atoms with Crippen LogP contribution in [0.5, 0.6) is 0 Å². The van der Waals surface area contributed by atoms with Crippen molar-refractivity contribution in [2.45, 2.75) is 39.7 Å². The van der Waals surface area contributed by atoms with Gasteiger partial charge < -0.3 is 10.3 Å². The molecule has 0 fully saturated rings. The Balaban J connectivity index is 1.68. The molecule has 0 saturated carbocycles. The van der Waals surface area contributed by atoms with Crippen LogP contribution in [0.1, 0.15) is 41.8 Å². The molecule has 3 aromatic heterocycles. The number of carbonyl (C=O) groups is 1. The number of nitrogens with zero attached hydrogens (tertiary/aromatic N) is 5. The van der Waals surface area contributed by atoms with Crippen molar-refractivity contribution in [3.8, 4) is 5.95 Å². The molecule has 0 radical (unpaired) electrons. The second-order valence-electron chi connectivity index (χ2n) is 7.14. The number of amides is 1. The van der Waals surface area contributed by atoms with Crippen molar-refractivity contribution in [3.63, 3.8) is 0 Å². The monoisotopic (exact) mass is 375 g/mol. The van der Waals surface area contributed by atoms with Gasteiger partial charge in [0.15, 0.2) is 0 Å². The van der Waals surface area contributed by atoms with Crippen molar-refractivity contribution in [3.05, 3.63) is 53.0 Å². The second-order valence-corrected chi connectivity index (χ2v) is 7.14. The molecule has 28 heavy (non-hydrogen) atoms. The van der Waals surface area contributed by atoms with Gasteiger partial charge >= 0.3 is 0 Å². The van der Waals surface area contributed by atoms with E-state index in [-0.39, 0.29) is 11.8 Å². The zero-order chi connectivity index (χ0) is 19.4. The molecule has 142 valence electrons. The summed E-state index contributed by atoms with van der Waals surface area (Å²) in [6.45, 7) is 6.89. The molecule has 1 aliphatic rings. The molecule has 0 aliphatic carbocycles. The Morgan fingerprint density at radius 2 is 2.07 bits per heavy atom. The highest BCUT2D eigenvalue weighted by Crippen LogP contribution is 2.41. The fraction of sp³-hybridized carbons (Fsp3) is 0.300. The third-order valence-electron chi connectivity index (χ3n) is 5.50. The smallest absolute Gasteiger partial charge is 0.231 e. The third kappa shape index (κ3) is 2.37. The summed E-state index contributed by atoms with van der Waals surface area (Å²) >= 11 is 0. The average Bonchev–Trinajstić information content (AvgIpc) is 3.36. The van der Waals surface area contributed by atoms with Crippen LogP contribution in [0.3, 0.4) is 0 Å². The summed E-state index contributed by atoms with van der Waals surface area (Å²) in [6.07, 6.45) is 2.26. The topological polar surface area (TPSA) is 93.4 Å². The Morgan fingerprint density at radius 1 is 1.25 bits per heavy atom. The highest BCUT2D eigenvalue weighted by Gasteiger charge is 2.34. The number of carbonyl (C=O) groups excluding carboxylic acids is 1. The first-order chi connectivity index (χ1) is 13.6. The van der Waals surface area contributed by atoms with Crippen LogP contribution in [0.4, 0.5) is 5.82 Å². The van der Waals surface area contributed by atoms with Gasteiger partial charge in [-0.3, -0.25) is 9.48 Å². The minimum absolute atomic E-state index is 0.0293. The molecule has 8 heteroatoms. The fourth-order valence-electron chi connectivity index (χ4n) is 4.13. The summed E-state index contributed by atoms with van der Waals surface area (Å²) in [5.74, 6) is 1.18. The molecule has 1 aliphatic heterocycles. The summed E-state index contributed by atoms with van der Waals surface area (Å²) in [6, 6.07) is 7.82. The van der Waals surface area contributed by atoms with Crippen molar-refractivity contribution in [2.24, 2.45) is 0 Å². The molecule has 0 unspecified atom stereocenters. The number of rotatable bonds is 3. The summed E-state index contributed by atoms with van der Waals surface area (Å²) in [4.78, 5) is 20.5. The summed E-state index contributed by atoms with van der Waals surface area (Å²) in [5.41, 5.74) is 5.86. The molecule has 0 spiro atoms. The average molecular weight is 375 g/mol. The van der Waals surface area contributed by atoms with E-state index in [1.165, 1.54) is 0 Å². The maximum Gasteiger partial charge on any atom is 0.231 e. The Bertz CT molecular complexity index is 1180. The number of imidazole rings is 1. The molecule has 4 heterocycles. The number of aryl methyl sites for hydroxylation is 2. The SMILES string of the molecule is CCn1ncc([C@@H]2CC(=O)Nc3c2c(C)nn3-c2nc3ccccc3[nH]2)c1C. The molecule has 0 saturated heterocycles. The van der Waals surface area contributed by atoms with E-state index in [1.54, 1.807) is 4.68 Å². The molecule has 1 amide bonds. The number of benzene rings is 1. The molecule has 0 bridgehead atoms. The predicted molar refractivity (Wildman–Crippen MR) is 106 cm³/mol. The summed E-state index contributed by atoms with van der Waals surface area (Å²) in [7, 11) is 0. The van der Waals surface area contributed by atoms with Crippen LogP contribution < -0.4 is 5.32 Å². The van der Waals surface area contributed by atoms with E-state index in [2.05, 4.69) is 34.2 Å². The predicted octanol–water partition coefficient (Wildman–Crippen LogP) is 3.06. The Morgan fingerprint density at radius 3 is 2.82 bits per heavy atom. The number of aromatic amines is 1. The van der Waals surface area contributed by atoms with Gasteiger partial charge in [-0.25, -0.2) is 4.98 Å². The van der Waals surface area contributed by atoms with Gasteiger partial charge in [-0.2, -0.15) is 14.9 Å². The van der Waals surface area contributed by atoms with Gasteiger partial charge in [-0.1, -0.05) is 12.1 Å². The number of para-hydroxylation sites is 2. The van der Waals surface area contributed by atoms with Crippen LogP contribution in [0, 0.1) is 13.8 Å². The standard InChI is InChI=1S/C20H21N7O/c1-4-26-12(3)14(10-21-26)13-9-17(28)24-19-18(13)11(2)25-27(19)20-22-15-7-5-6-8-16(15)23-20/h5-8,10,13H,4,9H2,1-3H3,(H,22,23)(H,24,28)/t13-/m0/s1. The van der Waals surface area contributed by atoms with Gasteiger partial charge in [0.25, 0.3) is 0 Å². The maximum absolute atomic E-state index is 12.6. The van der Waals surface area contributed by atoms with Crippen molar-refractivity contribution in [2.75, 3.05) is 5.32 Å². The highest BCUT2D eigenvalue weighted by molar-refractivity contribution is 5.95. The molecular weight excluding hydrogens is 354 g/mol. The van der Waals surface area contributed by atoms with Gasteiger partial charge in [0.1, 0.15) is 5.82 Å². The molecule has 2 N–H and O–H groups in total. The zero-order valence-corrected chi connectivity index (χ0v) is 16.0. The Kier molecular flexibility index (Phi) is 3.61. The van der Waals surface area contributed by atoms with Crippen LogP contribution in [0.2, 0.25) is 0 Å². The zero-order valence-electron chi connectivity index (χ0n) is 16.0. The number of nitrogens with one attached hydrogen (secondary N) is 2. The van der Waals surface area contributed by atoms with Crippen LogP contribution >= 0.6 is 0 Å². The molecule has 5 rings (SSSR count). The maximum atomic E-state index is 12.6. The molecule has 4 aromatic rings. The van der Waals surface area contributed by atoms with Gasteiger partial charge in [0.05, 0.1) is 22.9 Å². The third-order valence-corrected chi connectivity index (χ3v) is 5.50. The van der Waals surface area contributed by atoms with Gasteiger partial charge in [-0.05, 0) is 32.9 Å². The first-order valence-corrected chi connectivity index (χ1v) is 9.43. The Hall–Kier alpha value is -3.42. The van der Waals surface area contributed by atoms with E-state index in [1.807, 2.05) is 42.1 Å². The van der Waals surface area contributed by atoms with Crippen molar-refractivity contribution in [1.82, 2.24) is 29.5 Å². The number of fused-ring (bicyclic) bond motifs is 2. The van der Waals surface area contributed by atoms with Crippen molar-refractivity contribution >= 4 is 22.8 Å². The lowest BCUT2D eigenvalue weighted by Gasteiger charge is -2.23. The second kappa shape index (κ2) is 6.05. The van der Waals surface area contributed by atoms with E-state index < -0.39 is 0 Å². The lowest BCUT2D eigenvalue weighted by Crippen LogP contribution is -2.25. The van der Waals surface area contributed by atoms with E-state index in [0.717, 1.165) is 40.1 Å². The van der Waals surface area contributed by atoms with Crippen LogP contribution in [-0.4, -0.2) is 35.4 Å². The lowest BCUT2D eigenvalue weighted by molar-refractivity contribution is -0.116. The number of aromatic nitrogens is 6. The van der Waals surface area contributed by atoms with Crippen LogP contribution in [0.25, 0.3) is 17.0 Å². The number of anilines is 1. The van der Waals surface area contributed by atoms with Gasteiger partial charge in [0, 0.05) is 35.7 Å². The first kappa shape index (κ1) is 16.7. The Labute approximate surface area is 161 Å². The fourth-order valence-corrected chi connectivity index (χ4v) is 4.13. The van der Waals surface area contributed by atoms with Gasteiger partial charge in [0.2, 0.25) is 11.9 Å². The summed E-state index contributed by atoms with van der Waals surface area (Å²) < 4.78 is 3.66. The normalized spacial score (nSPS) is 16.4. The van der Waals surface area contributed by atoms with Crippen LogP contribution in [-0.2, 0) is 11.3 Å². The lowest BCUT2D eigenvalue weighted by atomic mass is 9.86. The highest BCUT2D eigenvalue weighted by atomic mass is 16.1. The van der Waals surface area contributed by atoms with E-state index >= 15 is 0 Å². The van der Waals surface area contributed by atoms with Crippen LogP contribution in [0.15, 0.2) is 30.5 Å². The van der Waals surface area contributed by atoms with E-state index in [0.29, 0.717) is 18.2 Å². The molecule has 1 atom stereocenters. The molecule has 8 nitrogen and oxygen atoms in total. The van der Waals surface area contributed by atoms with Gasteiger partial charge in [-0.15, -0.1) is 0 Å². The number of hydrogen-bond donors (Lipinski definition) is 2. The quantitative estimate of drug-likeness (QED) is 0.575. The first-order valence-electron chi connectivity index (χ1n) is 9.43. The van der Waals surface area contributed by atoms with E-state index in [9.17, 15) is 4.79 Å². The summed E-state index contributed by atoms with van der Waals surface area (Å²) in [5, 5.41) is 12.2. The largest absolute Gasteiger partial charge is 0.322 e. The number of hydrogen-bond acceptors (Lipinski definition) is 4.